The van der Waals surface area contributed by atoms with Crippen LogP contribution in [0.5, 0.6) is 0 Å². The highest BCUT2D eigenvalue weighted by molar-refractivity contribution is 5.67. The van der Waals surface area contributed by atoms with E-state index < -0.39 is 11.3 Å². The molecule has 0 aliphatic rings. The third-order valence-corrected chi connectivity index (χ3v) is 1.99. The summed E-state index contributed by atoms with van der Waals surface area (Å²) in [6.45, 7) is 2.35. The minimum atomic E-state index is -0.588. The second-order valence-electron chi connectivity index (χ2n) is 3.12. The quantitative estimate of drug-likeness (QED) is 0.705. The summed E-state index contributed by atoms with van der Waals surface area (Å²) in [5, 5.41) is 0. The van der Waals surface area contributed by atoms with Crippen LogP contribution >= 0.6 is 0 Å². The molecule has 2 aromatic rings. The van der Waals surface area contributed by atoms with Crippen LogP contribution in [-0.2, 0) is 6.54 Å². The fraction of sp³-hybridized carbons (Fsp3) is 0.375. The first-order valence-corrected chi connectivity index (χ1v) is 4.52. The van der Waals surface area contributed by atoms with E-state index in [1.165, 1.54) is 4.57 Å². The van der Waals surface area contributed by atoms with E-state index in [0.717, 1.165) is 6.42 Å². The van der Waals surface area contributed by atoms with E-state index >= 15 is 0 Å². The number of aryl methyl sites for hydroxylation is 1. The van der Waals surface area contributed by atoms with E-state index in [-0.39, 0.29) is 17.2 Å². The Morgan fingerprint density at radius 2 is 2.27 bits per heavy atom. The van der Waals surface area contributed by atoms with Gasteiger partial charge in [-0.25, -0.2) is 4.79 Å². The SMILES string of the molecule is CCCn1c(=O)oc2c(=O)[nH]c(N)nc21. The number of aromatic nitrogens is 3. The van der Waals surface area contributed by atoms with Crippen LogP contribution < -0.4 is 17.0 Å². The van der Waals surface area contributed by atoms with Gasteiger partial charge in [0.25, 0.3) is 5.56 Å². The molecule has 2 aromatic heterocycles. The van der Waals surface area contributed by atoms with Crippen LogP contribution in [0.15, 0.2) is 14.0 Å². The second-order valence-corrected chi connectivity index (χ2v) is 3.12. The summed E-state index contributed by atoms with van der Waals surface area (Å²) in [5.74, 6) is -0.617. The van der Waals surface area contributed by atoms with Crippen molar-refractivity contribution >= 4 is 17.2 Å². The van der Waals surface area contributed by atoms with E-state index in [9.17, 15) is 9.59 Å². The number of oxazole rings is 1. The van der Waals surface area contributed by atoms with Gasteiger partial charge >= 0.3 is 5.76 Å². The number of H-pyrrole nitrogens is 1. The molecule has 2 heterocycles. The number of hydrogen-bond donors (Lipinski definition) is 2. The Labute approximate surface area is 83.5 Å². The lowest BCUT2D eigenvalue weighted by atomic mass is 10.4. The molecule has 2 rings (SSSR count). The van der Waals surface area contributed by atoms with E-state index in [1.54, 1.807) is 0 Å². The van der Waals surface area contributed by atoms with Gasteiger partial charge in [0.1, 0.15) is 0 Å². The van der Waals surface area contributed by atoms with Gasteiger partial charge in [-0.1, -0.05) is 6.92 Å². The van der Waals surface area contributed by atoms with Crippen molar-refractivity contribution in [2.45, 2.75) is 19.9 Å². The van der Waals surface area contributed by atoms with E-state index in [1.807, 2.05) is 6.92 Å². The Morgan fingerprint density at radius 3 is 2.93 bits per heavy atom. The summed E-state index contributed by atoms with van der Waals surface area (Å²) in [7, 11) is 0. The summed E-state index contributed by atoms with van der Waals surface area (Å²) >= 11 is 0. The Hall–Kier alpha value is -2.05. The Bertz CT molecular complexity index is 606. The highest BCUT2D eigenvalue weighted by Gasteiger charge is 2.13. The molecule has 0 saturated carbocycles. The van der Waals surface area contributed by atoms with E-state index in [2.05, 4.69) is 9.97 Å². The molecule has 80 valence electrons. The van der Waals surface area contributed by atoms with Gasteiger partial charge in [-0.3, -0.25) is 14.3 Å². The molecule has 0 aliphatic carbocycles. The molecule has 7 heteroatoms. The van der Waals surface area contributed by atoms with E-state index in [4.69, 9.17) is 10.2 Å². The van der Waals surface area contributed by atoms with Gasteiger partial charge in [-0.2, -0.15) is 4.98 Å². The zero-order valence-electron chi connectivity index (χ0n) is 8.11. The van der Waals surface area contributed by atoms with Crippen LogP contribution in [0, 0.1) is 0 Å². The number of nitrogen functional groups attached to an aromatic ring is 1. The smallest absolute Gasteiger partial charge is 0.400 e. The molecule has 0 fully saturated rings. The average Bonchev–Trinajstić information content (AvgIpc) is 2.46. The third kappa shape index (κ3) is 1.41. The van der Waals surface area contributed by atoms with Gasteiger partial charge in [0.15, 0.2) is 5.65 Å². The van der Waals surface area contributed by atoms with Crippen molar-refractivity contribution in [3.05, 3.63) is 20.9 Å². The van der Waals surface area contributed by atoms with Gasteiger partial charge in [-0.15, -0.1) is 0 Å². The van der Waals surface area contributed by atoms with Crippen molar-refractivity contribution in [1.82, 2.24) is 14.5 Å². The maximum atomic E-state index is 11.4. The largest absolute Gasteiger partial charge is 0.421 e. The van der Waals surface area contributed by atoms with Crippen molar-refractivity contribution in [1.29, 1.82) is 0 Å². The zero-order chi connectivity index (χ0) is 11.0. The number of nitrogens with zero attached hydrogens (tertiary/aromatic N) is 2. The lowest BCUT2D eigenvalue weighted by Gasteiger charge is -1.97. The summed E-state index contributed by atoms with van der Waals surface area (Å²) in [6.07, 6.45) is 0.739. The number of nitrogens with one attached hydrogen (secondary N) is 1. The maximum Gasteiger partial charge on any atom is 0.421 e. The van der Waals surface area contributed by atoms with Crippen LogP contribution in [0.1, 0.15) is 13.3 Å². The summed E-state index contributed by atoms with van der Waals surface area (Å²) < 4.78 is 6.08. The average molecular weight is 210 g/mol. The van der Waals surface area contributed by atoms with Gasteiger partial charge in [0, 0.05) is 6.54 Å². The zero-order valence-corrected chi connectivity index (χ0v) is 8.11. The molecule has 0 radical (unpaired) electrons. The maximum absolute atomic E-state index is 11.4. The standard InChI is InChI=1S/C8H10N4O3/c1-2-3-12-5-4(15-8(12)14)6(13)11-7(9)10-5/h2-3H2,1H3,(H3,9,10,11,13). The number of nitrogens with two attached hydrogens (primary N) is 1. The molecule has 15 heavy (non-hydrogen) atoms. The second kappa shape index (κ2) is 3.26. The third-order valence-electron chi connectivity index (χ3n) is 1.99. The normalized spacial score (nSPS) is 11.0. The fourth-order valence-corrected chi connectivity index (χ4v) is 1.39. The number of aromatic amines is 1. The van der Waals surface area contributed by atoms with Crippen molar-refractivity contribution in [2.24, 2.45) is 0 Å². The summed E-state index contributed by atoms with van der Waals surface area (Å²) in [4.78, 5) is 28.8. The van der Waals surface area contributed by atoms with Crippen LogP contribution in [-0.4, -0.2) is 14.5 Å². The lowest BCUT2D eigenvalue weighted by molar-refractivity contribution is 0.500. The van der Waals surface area contributed by atoms with E-state index in [0.29, 0.717) is 6.54 Å². The predicted octanol–water partition coefficient (Wildman–Crippen LogP) is -0.330. The fourth-order valence-electron chi connectivity index (χ4n) is 1.39. The van der Waals surface area contributed by atoms with Crippen molar-refractivity contribution in [3.63, 3.8) is 0 Å². The summed E-state index contributed by atoms with van der Waals surface area (Å²) in [5.41, 5.74) is 4.95. The van der Waals surface area contributed by atoms with Gasteiger partial charge in [0.05, 0.1) is 0 Å². The topological polar surface area (TPSA) is 107 Å². The minimum Gasteiger partial charge on any atom is -0.400 e. The summed E-state index contributed by atoms with van der Waals surface area (Å²) in [6, 6.07) is 0. The minimum absolute atomic E-state index is 0.0295. The first-order chi connectivity index (χ1) is 7.13. The van der Waals surface area contributed by atoms with Gasteiger partial charge in [0.2, 0.25) is 11.5 Å². The molecule has 0 aliphatic heterocycles. The molecule has 0 bridgehead atoms. The first kappa shape index (κ1) is 9.50. The van der Waals surface area contributed by atoms with Gasteiger partial charge < -0.3 is 10.2 Å². The molecule has 0 aromatic carbocycles. The molecular formula is C8H10N4O3. The van der Waals surface area contributed by atoms with Crippen LogP contribution in [0.3, 0.4) is 0 Å². The van der Waals surface area contributed by atoms with Crippen LogP contribution in [0.25, 0.3) is 11.2 Å². The highest BCUT2D eigenvalue weighted by Crippen LogP contribution is 2.05. The molecule has 0 spiro atoms. The van der Waals surface area contributed by atoms with Crippen molar-refractivity contribution < 1.29 is 4.42 Å². The molecule has 0 saturated heterocycles. The number of rotatable bonds is 2. The molecule has 0 atom stereocenters. The van der Waals surface area contributed by atoms with Crippen molar-refractivity contribution in [3.8, 4) is 0 Å². The molecule has 0 amide bonds. The molecular weight excluding hydrogens is 200 g/mol. The Balaban J connectivity index is 2.87. The Morgan fingerprint density at radius 1 is 1.53 bits per heavy atom. The highest BCUT2D eigenvalue weighted by atomic mass is 16.4. The van der Waals surface area contributed by atoms with Crippen LogP contribution in [0.4, 0.5) is 5.95 Å². The van der Waals surface area contributed by atoms with Crippen LogP contribution in [0.2, 0.25) is 0 Å². The number of anilines is 1. The van der Waals surface area contributed by atoms with Gasteiger partial charge in [-0.05, 0) is 6.42 Å². The lowest BCUT2D eigenvalue weighted by Crippen LogP contribution is -2.15. The van der Waals surface area contributed by atoms with Crippen molar-refractivity contribution in [2.75, 3.05) is 5.73 Å². The number of hydrogen-bond acceptors (Lipinski definition) is 5. The molecule has 3 N–H and O–H groups in total. The molecule has 7 nitrogen and oxygen atoms in total. The first-order valence-electron chi connectivity index (χ1n) is 4.52. The number of fused-ring (bicyclic) bond motifs is 1. The molecule has 0 unspecified atom stereocenters. The Kier molecular flexibility index (Phi) is 2.07. The monoisotopic (exact) mass is 210 g/mol. The predicted molar refractivity (Wildman–Crippen MR) is 53.6 cm³/mol.